The van der Waals surface area contributed by atoms with Crippen LogP contribution in [0.5, 0.6) is 0 Å². The standard InChI is InChI=1S/C10H7Br2FO2/c1-5(10(14)15)2-7-8(12)3-6(11)4-9(7)13/h2-4H,1H3,(H,14,15)/b5-2+. The van der Waals surface area contributed by atoms with Gasteiger partial charge in [-0.2, -0.15) is 0 Å². The van der Waals surface area contributed by atoms with Crippen molar-refractivity contribution in [3.8, 4) is 0 Å². The molecule has 1 aromatic rings. The normalized spacial score (nSPS) is 11.6. The largest absolute Gasteiger partial charge is 0.478 e. The zero-order chi connectivity index (χ0) is 11.6. The van der Waals surface area contributed by atoms with Crippen LogP contribution in [-0.4, -0.2) is 11.1 Å². The van der Waals surface area contributed by atoms with Crippen molar-refractivity contribution >= 4 is 43.9 Å². The Balaban J connectivity index is 3.27. The van der Waals surface area contributed by atoms with Crippen molar-refractivity contribution in [2.75, 3.05) is 0 Å². The zero-order valence-corrected chi connectivity index (χ0v) is 10.9. The third-order valence-corrected chi connectivity index (χ3v) is 2.86. The summed E-state index contributed by atoms with van der Waals surface area (Å²) in [5.41, 5.74) is 0.315. The van der Waals surface area contributed by atoms with Gasteiger partial charge < -0.3 is 5.11 Å². The predicted molar refractivity (Wildman–Crippen MR) is 63.1 cm³/mol. The smallest absolute Gasteiger partial charge is 0.331 e. The lowest BCUT2D eigenvalue weighted by Gasteiger charge is -2.03. The highest BCUT2D eigenvalue weighted by Crippen LogP contribution is 2.27. The van der Waals surface area contributed by atoms with E-state index in [1.807, 2.05) is 0 Å². The number of carbonyl (C=O) groups is 1. The molecule has 0 saturated heterocycles. The molecule has 0 bridgehead atoms. The Bertz CT molecular complexity index is 418. The first kappa shape index (κ1) is 12.4. The van der Waals surface area contributed by atoms with Crippen LogP contribution >= 0.6 is 31.9 Å². The molecule has 0 radical (unpaired) electrons. The van der Waals surface area contributed by atoms with Gasteiger partial charge in [0.25, 0.3) is 0 Å². The summed E-state index contributed by atoms with van der Waals surface area (Å²) in [4.78, 5) is 10.6. The Morgan fingerprint density at radius 1 is 1.47 bits per heavy atom. The van der Waals surface area contributed by atoms with Gasteiger partial charge in [0.2, 0.25) is 0 Å². The molecule has 0 aromatic heterocycles. The summed E-state index contributed by atoms with van der Waals surface area (Å²) in [5, 5.41) is 8.66. The van der Waals surface area contributed by atoms with Gasteiger partial charge in [-0.1, -0.05) is 31.9 Å². The van der Waals surface area contributed by atoms with Crippen molar-refractivity contribution in [3.05, 3.63) is 38.0 Å². The molecular formula is C10H7Br2FO2. The van der Waals surface area contributed by atoms with Crippen molar-refractivity contribution in [2.45, 2.75) is 6.92 Å². The minimum atomic E-state index is -1.07. The van der Waals surface area contributed by atoms with E-state index in [0.717, 1.165) is 0 Å². The van der Waals surface area contributed by atoms with Crippen LogP contribution in [0.4, 0.5) is 4.39 Å². The lowest BCUT2D eigenvalue weighted by molar-refractivity contribution is -0.132. The molecule has 0 aliphatic heterocycles. The molecule has 0 fully saturated rings. The number of hydrogen-bond acceptors (Lipinski definition) is 1. The van der Waals surface area contributed by atoms with Crippen LogP contribution in [-0.2, 0) is 4.79 Å². The second kappa shape index (κ2) is 4.90. The van der Waals surface area contributed by atoms with Crippen LogP contribution in [0.2, 0.25) is 0 Å². The molecule has 1 rings (SSSR count). The molecule has 1 N–H and O–H groups in total. The van der Waals surface area contributed by atoms with Gasteiger partial charge in [0.15, 0.2) is 0 Å². The van der Waals surface area contributed by atoms with Gasteiger partial charge in [-0.3, -0.25) is 0 Å². The van der Waals surface area contributed by atoms with E-state index < -0.39 is 11.8 Å². The molecule has 0 spiro atoms. The quantitative estimate of drug-likeness (QED) is 0.832. The van der Waals surface area contributed by atoms with E-state index >= 15 is 0 Å². The fourth-order valence-corrected chi connectivity index (χ4v) is 2.26. The fourth-order valence-electron chi connectivity index (χ4n) is 0.970. The van der Waals surface area contributed by atoms with E-state index in [2.05, 4.69) is 31.9 Å². The third-order valence-electron chi connectivity index (χ3n) is 1.74. The first-order valence-corrected chi connectivity index (χ1v) is 5.56. The molecule has 0 saturated carbocycles. The number of aliphatic carboxylic acids is 1. The third kappa shape index (κ3) is 3.14. The molecule has 0 atom stereocenters. The minimum Gasteiger partial charge on any atom is -0.478 e. The van der Waals surface area contributed by atoms with Crippen molar-refractivity contribution in [2.24, 2.45) is 0 Å². The molecule has 1 aromatic carbocycles. The van der Waals surface area contributed by atoms with Crippen LogP contribution in [0.1, 0.15) is 12.5 Å². The first-order chi connectivity index (χ1) is 6.91. The molecule has 80 valence electrons. The Morgan fingerprint density at radius 3 is 2.53 bits per heavy atom. The number of halogens is 3. The van der Waals surface area contributed by atoms with Crippen LogP contribution < -0.4 is 0 Å². The number of benzene rings is 1. The van der Waals surface area contributed by atoms with Gasteiger partial charge in [-0.15, -0.1) is 0 Å². The minimum absolute atomic E-state index is 0.0805. The summed E-state index contributed by atoms with van der Waals surface area (Å²) in [5.74, 6) is -1.54. The molecule has 15 heavy (non-hydrogen) atoms. The van der Waals surface area contributed by atoms with Crippen molar-refractivity contribution in [1.29, 1.82) is 0 Å². The Morgan fingerprint density at radius 2 is 2.07 bits per heavy atom. The maximum Gasteiger partial charge on any atom is 0.331 e. The van der Waals surface area contributed by atoms with Gasteiger partial charge in [-0.05, 0) is 25.1 Å². The molecule has 5 heteroatoms. The first-order valence-electron chi connectivity index (χ1n) is 3.98. The van der Waals surface area contributed by atoms with Gasteiger partial charge >= 0.3 is 5.97 Å². The highest BCUT2D eigenvalue weighted by Gasteiger charge is 2.08. The van der Waals surface area contributed by atoms with Crippen molar-refractivity contribution < 1.29 is 14.3 Å². The Kier molecular flexibility index (Phi) is 4.04. The molecule has 2 nitrogen and oxygen atoms in total. The van der Waals surface area contributed by atoms with Gasteiger partial charge in [0.1, 0.15) is 5.82 Å². The van der Waals surface area contributed by atoms with E-state index in [1.54, 1.807) is 6.07 Å². The topological polar surface area (TPSA) is 37.3 Å². The van der Waals surface area contributed by atoms with Crippen molar-refractivity contribution in [3.63, 3.8) is 0 Å². The summed E-state index contributed by atoms with van der Waals surface area (Å²) in [7, 11) is 0. The Hall–Kier alpha value is -0.680. The predicted octanol–water partition coefficient (Wildman–Crippen LogP) is 3.84. The molecule has 0 aliphatic carbocycles. The summed E-state index contributed by atoms with van der Waals surface area (Å²) >= 11 is 6.30. The average Bonchev–Trinajstić information content (AvgIpc) is 2.10. The van der Waals surface area contributed by atoms with Crippen molar-refractivity contribution in [1.82, 2.24) is 0 Å². The molecular weight excluding hydrogens is 331 g/mol. The lowest BCUT2D eigenvalue weighted by atomic mass is 10.1. The highest BCUT2D eigenvalue weighted by molar-refractivity contribution is 9.11. The van der Waals surface area contributed by atoms with Gasteiger partial charge in [0.05, 0.1) is 0 Å². The molecule has 0 aliphatic rings. The fraction of sp³-hybridized carbons (Fsp3) is 0.100. The van der Waals surface area contributed by atoms with Crippen LogP contribution in [0.25, 0.3) is 6.08 Å². The summed E-state index contributed by atoms with van der Waals surface area (Å²) < 4.78 is 14.5. The van der Waals surface area contributed by atoms with Crippen LogP contribution in [0, 0.1) is 5.82 Å². The zero-order valence-electron chi connectivity index (χ0n) is 7.72. The lowest BCUT2D eigenvalue weighted by Crippen LogP contribution is -1.96. The Labute approximate surface area is 103 Å². The van der Waals surface area contributed by atoms with E-state index in [-0.39, 0.29) is 11.1 Å². The molecule has 0 unspecified atom stereocenters. The van der Waals surface area contributed by atoms with E-state index in [9.17, 15) is 9.18 Å². The monoisotopic (exact) mass is 336 g/mol. The molecule has 0 amide bonds. The SMILES string of the molecule is C/C(=C\c1c(F)cc(Br)cc1Br)C(=O)O. The summed E-state index contributed by atoms with van der Waals surface area (Å²) in [6, 6.07) is 2.94. The summed E-state index contributed by atoms with van der Waals surface area (Å²) in [6.45, 7) is 1.41. The second-order valence-corrected chi connectivity index (χ2v) is 4.69. The highest BCUT2D eigenvalue weighted by atomic mass is 79.9. The average molecular weight is 338 g/mol. The van der Waals surface area contributed by atoms with E-state index in [0.29, 0.717) is 8.95 Å². The van der Waals surface area contributed by atoms with E-state index in [4.69, 9.17) is 5.11 Å². The maximum absolute atomic E-state index is 13.4. The van der Waals surface area contributed by atoms with Crippen LogP contribution in [0.15, 0.2) is 26.7 Å². The number of carboxylic acids is 1. The number of carboxylic acid groups (broad SMARTS) is 1. The van der Waals surface area contributed by atoms with Gasteiger partial charge in [0, 0.05) is 20.1 Å². The van der Waals surface area contributed by atoms with Gasteiger partial charge in [-0.25, -0.2) is 9.18 Å². The van der Waals surface area contributed by atoms with E-state index in [1.165, 1.54) is 19.1 Å². The van der Waals surface area contributed by atoms with Crippen LogP contribution in [0.3, 0.4) is 0 Å². The molecule has 0 heterocycles. The number of rotatable bonds is 2. The number of hydrogen-bond donors (Lipinski definition) is 1. The second-order valence-electron chi connectivity index (χ2n) is 2.92. The summed E-state index contributed by atoms with van der Waals surface area (Å²) in [6.07, 6.45) is 1.29. The maximum atomic E-state index is 13.4.